The average molecular weight is 291 g/mol. The van der Waals surface area contributed by atoms with Crippen LogP contribution in [0.4, 0.5) is 0 Å². The molecular weight excluding hydrogens is 274 g/mol. The van der Waals surface area contributed by atoms with Crippen LogP contribution in [0.1, 0.15) is 22.7 Å². The molecule has 0 aliphatic rings. The van der Waals surface area contributed by atoms with Crippen molar-refractivity contribution in [3.63, 3.8) is 0 Å². The van der Waals surface area contributed by atoms with E-state index in [1.165, 1.54) is 11.5 Å². The predicted octanol–water partition coefficient (Wildman–Crippen LogP) is 2.66. The van der Waals surface area contributed by atoms with E-state index in [0.29, 0.717) is 12.0 Å². The summed E-state index contributed by atoms with van der Waals surface area (Å²) in [4.78, 5) is 3.58. The molecule has 2 aromatic rings. The maximum atomic E-state index is 8.90. The molecule has 5 nitrogen and oxygen atoms in total. The van der Waals surface area contributed by atoms with Gasteiger partial charge < -0.3 is 0 Å². The van der Waals surface area contributed by atoms with E-state index < -0.39 is 0 Å². The first kappa shape index (κ1) is 15.4. The van der Waals surface area contributed by atoms with Gasteiger partial charge in [0.15, 0.2) is 0 Å². The Hall–Kier alpha value is -2.97. The second-order valence-electron chi connectivity index (χ2n) is 4.73. The first-order valence-corrected chi connectivity index (χ1v) is 6.81. The fourth-order valence-corrected chi connectivity index (χ4v) is 2.16. The van der Waals surface area contributed by atoms with Crippen LogP contribution in [0, 0.1) is 11.3 Å². The van der Waals surface area contributed by atoms with Crippen molar-refractivity contribution in [1.29, 1.82) is 5.26 Å². The Morgan fingerprint density at radius 3 is 2.45 bits per heavy atom. The van der Waals surface area contributed by atoms with Gasteiger partial charge in [-0.3, -0.25) is 4.99 Å². The van der Waals surface area contributed by atoms with Crippen LogP contribution in [-0.2, 0) is 6.42 Å². The third-order valence-corrected chi connectivity index (χ3v) is 3.28. The summed E-state index contributed by atoms with van der Waals surface area (Å²) in [5.41, 5.74) is 2.74. The third kappa shape index (κ3) is 4.01. The van der Waals surface area contributed by atoms with E-state index in [-0.39, 0.29) is 6.04 Å². The van der Waals surface area contributed by atoms with Crippen LogP contribution >= 0.6 is 0 Å². The quantitative estimate of drug-likeness (QED) is 0.384. The minimum absolute atomic E-state index is 0.159. The molecule has 0 fully saturated rings. The van der Waals surface area contributed by atoms with E-state index in [2.05, 4.69) is 22.9 Å². The molecule has 5 heteroatoms. The van der Waals surface area contributed by atoms with E-state index in [0.717, 1.165) is 11.1 Å². The van der Waals surface area contributed by atoms with Crippen molar-refractivity contribution in [2.24, 2.45) is 15.9 Å². The van der Waals surface area contributed by atoms with Gasteiger partial charge in [-0.2, -0.15) is 5.26 Å². The molecule has 1 atom stereocenters. The molecule has 2 rings (SSSR count). The van der Waals surface area contributed by atoms with Gasteiger partial charge in [0, 0.05) is 6.42 Å². The van der Waals surface area contributed by atoms with Crippen LogP contribution in [0.2, 0.25) is 0 Å². The van der Waals surface area contributed by atoms with E-state index in [1.807, 2.05) is 42.5 Å². The van der Waals surface area contributed by atoms with Gasteiger partial charge in [-0.25, -0.2) is 11.0 Å². The molecule has 0 bridgehead atoms. The van der Waals surface area contributed by atoms with Crippen molar-refractivity contribution < 1.29 is 0 Å². The molecule has 110 valence electrons. The number of benzene rings is 2. The van der Waals surface area contributed by atoms with E-state index in [4.69, 9.17) is 11.1 Å². The summed E-state index contributed by atoms with van der Waals surface area (Å²) in [6.45, 7) is 3.35. The highest BCUT2D eigenvalue weighted by atomic mass is 15.6. The number of hydrazone groups is 1. The molecule has 0 amide bonds. The van der Waals surface area contributed by atoms with Gasteiger partial charge in [-0.15, -0.1) is 5.10 Å². The molecule has 0 heterocycles. The fraction of sp³-hybridized carbons (Fsp3) is 0.118. The first-order chi connectivity index (χ1) is 10.7. The smallest absolute Gasteiger partial charge is 0.136 e. The number of hydrazine groups is 1. The Labute approximate surface area is 130 Å². The van der Waals surface area contributed by atoms with Crippen molar-refractivity contribution in [3.05, 3.63) is 71.3 Å². The number of hydrogen-bond donors (Lipinski definition) is 1. The van der Waals surface area contributed by atoms with Gasteiger partial charge >= 0.3 is 0 Å². The highest BCUT2D eigenvalue weighted by Crippen LogP contribution is 2.23. The molecule has 0 saturated heterocycles. The Balaban J connectivity index is 2.29. The van der Waals surface area contributed by atoms with Crippen LogP contribution in [0.25, 0.3) is 0 Å². The summed E-state index contributed by atoms with van der Waals surface area (Å²) in [7, 11) is 0. The summed E-state index contributed by atoms with van der Waals surface area (Å²) in [5, 5.41) is 14.3. The van der Waals surface area contributed by atoms with Crippen LogP contribution in [0.5, 0.6) is 0 Å². The summed E-state index contributed by atoms with van der Waals surface area (Å²) in [6, 6.07) is 19.3. The first-order valence-electron chi connectivity index (χ1n) is 6.81. The van der Waals surface area contributed by atoms with Crippen LogP contribution in [0.3, 0.4) is 0 Å². The van der Waals surface area contributed by atoms with E-state index >= 15 is 0 Å². The van der Waals surface area contributed by atoms with Crippen molar-refractivity contribution in [2.45, 2.75) is 12.5 Å². The topological polar surface area (TPSA) is 77.8 Å². The standard InChI is InChI=1S/C17H17N5/c1-20-13-21-22(19)17(11-14-5-3-2-4-6-14)16-9-7-15(12-18)8-10-16/h2-10,13,17H,1,11,19H2/b21-13-. The fourth-order valence-electron chi connectivity index (χ4n) is 2.16. The highest BCUT2D eigenvalue weighted by Gasteiger charge is 2.17. The Kier molecular flexibility index (Phi) is 5.41. The van der Waals surface area contributed by atoms with Gasteiger partial charge in [0.05, 0.1) is 17.7 Å². The average Bonchev–Trinajstić information content (AvgIpc) is 2.58. The van der Waals surface area contributed by atoms with Crippen molar-refractivity contribution in [1.82, 2.24) is 5.12 Å². The maximum Gasteiger partial charge on any atom is 0.136 e. The Morgan fingerprint density at radius 2 is 1.86 bits per heavy atom. The van der Waals surface area contributed by atoms with Crippen LogP contribution in [0.15, 0.2) is 64.7 Å². The molecular formula is C17H17N5. The SMILES string of the molecule is C=N/C=N\N(N)C(Cc1ccccc1)c1ccc(C#N)cc1. The van der Waals surface area contributed by atoms with Gasteiger partial charge in [0.1, 0.15) is 6.34 Å². The zero-order chi connectivity index (χ0) is 15.8. The Morgan fingerprint density at radius 1 is 1.18 bits per heavy atom. The molecule has 1 unspecified atom stereocenters. The summed E-state index contributed by atoms with van der Waals surface area (Å²) < 4.78 is 0. The summed E-state index contributed by atoms with van der Waals surface area (Å²) in [5.74, 6) is 6.04. The molecule has 0 aliphatic heterocycles. The zero-order valence-electron chi connectivity index (χ0n) is 12.1. The number of aliphatic imine (C=N–C) groups is 1. The molecule has 0 spiro atoms. The van der Waals surface area contributed by atoms with Crippen LogP contribution < -0.4 is 5.84 Å². The number of nitriles is 1. The monoisotopic (exact) mass is 291 g/mol. The van der Waals surface area contributed by atoms with Gasteiger partial charge in [-0.1, -0.05) is 42.5 Å². The van der Waals surface area contributed by atoms with Crippen molar-refractivity contribution >= 4 is 13.1 Å². The highest BCUT2D eigenvalue weighted by molar-refractivity contribution is 5.61. The van der Waals surface area contributed by atoms with E-state index in [1.54, 1.807) is 12.1 Å². The van der Waals surface area contributed by atoms with Gasteiger partial charge in [0.25, 0.3) is 0 Å². The molecule has 22 heavy (non-hydrogen) atoms. The summed E-state index contributed by atoms with van der Waals surface area (Å²) in [6.07, 6.45) is 2.00. The van der Waals surface area contributed by atoms with Gasteiger partial charge in [-0.05, 0) is 30.0 Å². The molecule has 0 aliphatic carbocycles. The van der Waals surface area contributed by atoms with Gasteiger partial charge in [0.2, 0.25) is 0 Å². The number of rotatable bonds is 6. The minimum atomic E-state index is -0.159. The minimum Gasteiger partial charge on any atom is -0.251 e. The predicted molar refractivity (Wildman–Crippen MR) is 88.1 cm³/mol. The normalized spacial score (nSPS) is 11.8. The molecule has 2 N–H and O–H groups in total. The number of nitrogens with zero attached hydrogens (tertiary/aromatic N) is 4. The lowest BCUT2D eigenvalue weighted by Crippen LogP contribution is -2.31. The lowest BCUT2D eigenvalue weighted by molar-refractivity contribution is 0.211. The lowest BCUT2D eigenvalue weighted by atomic mass is 9.98. The van der Waals surface area contributed by atoms with Crippen molar-refractivity contribution in [2.75, 3.05) is 0 Å². The Bertz CT molecular complexity index is 670. The summed E-state index contributed by atoms with van der Waals surface area (Å²) >= 11 is 0. The molecule has 2 aromatic carbocycles. The second-order valence-corrected chi connectivity index (χ2v) is 4.73. The lowest BCUT2D eigenvalue weighted by Gasteiger charge is -2.25. The molecule has 0 saturated carbocycles. The molecule has 0 radical (unpaired) electrons. The van der Waals surface area contributed by atoms with Crippen LogP contribution in [-0.4, -0.2) is 18.2 Å². The maximum absolute atomic E-state index is 8.90. The number of nitrogens with two attached hydrogens (primary N) is 1. The molecule has 0 aromatic heterocycles. The third-order valence-electron chi connectivity index (χ3n) is 3.28. The zero-order valence-corrected chi connectivity index (χ0v) is 12.1. The largest absolute Gasteiger partial charge is 0.251 e. The van der Waals surface area contributed by atoms with Crippen molar-refractivity contribution in [3.8, 4) is 6.07 Å². The second kappa shape index (κ2) is 7.72. The number of hydrogen-bond acceptors (Lipinski definition) is 4. The van der Waals surface area contributed by atoms with E-state index in [9.17, 15) is 0 Å².